The molecule has 7 heteroatoms. The average molecular weight is 373 g/mol. The third-order valence-electron chi connectivity index (χ3n) is 4.52. The third kappa shape index (κ3) is 5.86. The fourth-order valence-corrected chi connectivity index (χ4v) is 2.98. The number of piperazine rings is 1. The molecule has 0 aromatic heterocycles. The van der Waals surface area contributed by atoms with E-state index >= 15 is 0 Å². The minimum atomic E-state index is -0.220. The number of anilines is 1. The van der Waals surface area contributed by atoms with Crippen molar-refractivity contribution in [3.05, 3.63) is 54.3 Å². The summed E-state index contributed by atoms with van der Waals surface area (Å²) in [4.78, 5) is 16.4. The van der Waals surface area contributed by atoms with Gasteiger partial charge in [-0.05, 0) is 48.5 Å². The Kier molecular flexibility index (Phi) is 6.49. The van der Waals surface area contributed by atoms with Crippen LogP contribution in [0.25, 0.3) is 0 Å². The van der Waals surface area contributed by atoms with E-state index in [-0.39, 0.29) is 24.1 Å². The second kappa shape index (κ2) is 9.23. The van der Waals surface area contributed by atoms with E-state index in [4.69, 9.17) is 4.74 Å². The molecule has 2 N–H and O–H groups in total. The lowest BCUT2D eigenvalue weighted by Gasteiger charge is -2.36. The molecule has 1 fully saturated rings. The van der Waals surface area contributed by atoms with Crippen molar-refractivity contribution in [3.63, 3.8) is 0 Å². The molecule has 0 aliphatic carbocycles. The number of hydrogen-bond acceptors (Lipinski definition) is 5. The molecule has 0 spiro atoms. The first-order valence-electron chi connectivity index (χ1n) is 9.01. The number of nitrogens with zero attached hydrogens (tertiary/aromatic N) is 2. The Hall–Kier alpha value is -2.80. The van der Waals surface area contributed by atoms with Gasteiger partial charge >= 0.3 is 0 Å². The molecule has 1 saturated heterocycles. The maximum Gasteiger partial charge on any atom is 0.257 e. The van der Waals surface area contributed by atoms with E-state index in [0.717, 1.165) is 38.4 Å². The van der Waals surface area contributed by atoms with Gasteiger partial charge in [0, 0.05) is 45.0 Å². The highest BCUT2D eigenvalue weighted by Crippen LogP contribution is 2.17. The summed E-state index contributed by atoms with van der Waals surface area (Å²) >= 11 is 0. The number of phenols is 1. The molecule has 2 aromatic rings. The first-order chi connectivity index (χ1) is 13.1. The van der Waals surface area contributed by atoms with E-state index in [9.17, 15) is 14.3 Å². The van der Waals surface area contributed by atoms with Crippen LogP contribution in [0.1, 0.15) is 0 Å². The Morgan fingerprint density at radius 1 is 1.04 bits per heavy atom. The predicted octanol–water partition coefficient (Wildman–Crippen LogP) is 1.85. The molecule has 2 aromatic carbocycles. The van der Waals surface area contributed by atoms with Crippen molar-refractivity contribution in [2.75, 3.05) is 50.8 Å². The summed E-state index contributed by atoms with van der Waals surface area (Å²) < 4.78 is 18.4. The molecular formula is C20H24FN3O3. The number of aromatic hydroxyl groups is 1. The van der Waals surface area contributed by atoms with E-state index in [2.05, 4.69) is 15.1 Å². The molecule has 1 aliphatic heterocycles. The number of carbonyl (C=O) groups excluding carboxylic acids is 1. The number of amides is 1. The highest BCUT2D eigenvalue weighted by Gasteiger charge is 2.17. The van der Waals surface area contributed by atoms with Gasteiger partial charge in [-0.1, -0.05) is 0 Å². The molecule has 0 saturated carbocycles. The fraction of sp³-hybridized carbons (Fsp3) is 0.350. The van der Waals surface area contributed by atoms with Crippen LogP contribution in [-0.4, -0.2) is 61.8 Å². The maximum atomic E-state index is 13.0. The number of benzene rings is 2. The number of rotatable bonds is 7. The fourth-order valence-electron chi connectivity index (χ4n) is 2.98. The summed E-state index contributed by atoms with van der Waals surface area (Å²) in [5.74, 6) is 0.307. The van der Waals surface area contributed by atoms with Gasteiger partial charge in [-0.25, -0.2) is 4.39 Å². The first kappa shape index (κ1) is 19.0. The van der Waals surface area contributed by atoms with Crippen LogP contribution in [0.3, 0.4) is 0 Å². The number of ether oxygens (including phenoxy) is 1. The van der Waals surface area contributed by atoms with Crippen molar-refractivity contribution >= 4 is 11.6 Å². The number of phenolic OH excluding ortho intramolecular Hbond substituents is 1. The van der Waals surface area contributed by atoms with Crippen molar-refractivity contribution in [1.29, 1.82) is 0 Å². The minimum absolute atomic E-state index is 0.0525. The summed E-state index contributed by atoms with van der Waals surface area (Å²) in [6.07, 6.45) is 0. The number of nitrogens with one attached hydrogen (secondary N) is 1. The van der Waals surface area contributed by atoms with Crippen LogP contribution in [0.4, 0.5) is 10.1 Å². The summed E-state index contributed by atoms with van der Waals surface area (Å²) in [7, 11) is 0. The summed E-state index contributed by atoms with van der Waals surface area (Å²) in [6.45, 7) is 4.85. The summed E-state index contributed by atoms with van der Waals surface area (Å²) in [5, 5.41) is 12.1. The van der Waals surface area contributed by atoms with E-state index in [1.807, 2.05) is 0 Å². The van der Waals surface area contributed by atoms with Crippen LogP contribution >= 0.6 is 0 Å². The van der Waals surface area contributed by atoms with E-state index < -0.39 is 0 Å². The van der Waals surface area contributed by atoms with Gasteiger partial charge in [-0.2, -0.15) is 0 Å². The van der Waals surface area contributed by atoms with Crippen LogP contribution in [-0.2, 0) is 4.79 Å². The molecule has 1 amide bonds. The zero-order valence-corrected chi connectivity index (χ0v) is 15.1. The van der Waals surface area contributed by atoms with Crippen LogP contribution in [0.15, 0.2) is 48.5 Å². The Morgan fingerprint density at radius 2 is 1.70 bits per heavy atom. The van der Waals surface area contributed by atoms with E-state index in [1.54, 1.807) is 24.3 Å². The van der Waals surface area contributed by atoms with Crippen LogP contribution in [0.2, 0.25) is 0 Å². The third-order valence-corrected chi connectivity index (χ3v) is 4.52. The quantitative estimate of drug-likeness (QED) is 0.776. The Bertz CT molecular complexity index is 729. The van der Waals surface area contributed by atoms with Gasteiger partial charge in [0.2, 0.25) is 0 Å². The van der Waals surface area contributed by atoms with Gasteiger partial charge in [0.1, 0.15) is 17.3 Å². The summed E-state index contributed by atoms with van der Waals surface area (Å²) in [5.41, 5.74) is 1.04. The molecule has 27 heavy (non-hydrogen) atoms. The first-order valence-corrected chi connectivity index (χ1v) is 9.01. The second-order valence-corrected chi connectivity index (χ2v) is 6.44. The molecular weight excluding hydrogens is 349 g/mol. The maximum absolute atomic E-state index is 13.0. The zero-order valence-electron chi connectivity index (χ0n) is 15.1. The molecule has 0 bridgehead atoms. The molecule has 0 radical (unpaired) electrons. The van der Waals surface area contributed by atoms with Crippen molar-refractivity contribution in [3.8, 4) is 11.5 Å². The molecule has 1 aliphatic rings. The van der Waals surface area contributed by atoms with Crippen molar-refractivity contribution in [2.45, 2.75) is 0 Å². The molecule has 0 atom stereocenters. The Labute approximate surface area is 158 Å². The van der Waals surface area contributed by atoms with Crippen molar-refractivity contribution < 1.29 is 19.0 Å². The van der Waals surface area contributed by atoms with Gasteiger partial charge < -0.3 is 20.1 Å². The zero-order chi connectivity index (χ0) is 19.1. The molecule has 144 valence electrons. The Morgan fingerprint density at radius 3 is 2.37 bits per heavy atom. The highest BCUT2D eigenvalue weighted by atomic mass is 19.1. The second-order valence-electron chi connectivity index (χ2n) is 6.44. The van der Waals surface area contributed by atoms with E-state index in [0.29, 0.717) is 12.3 Å². The molecule has 1 heterocycles. The van der Waals surface area contributed by atoms with Gasteiger partial charge in [0.05, 0.1) is 0 Å². The van der Waals surface area contributed by atoms with Crippen LogP contribution < -0.4 is 15.0 Å². The van der Waals surface area contributed by atoms with Crippen LogP contribution in [0, 0.1) is 5.82 Å². The molecule has 3 rings (SSSR count). The number of halogens is 1. The smallest absolute Gasteiger partial charge is 0.257 e. The molecule has 6 nitrogen and oxygen atoms in total. The van der Waals surface area contributed by atoms with Crippen LogP contribution in [0.5, 0.6) is 11.5 Å². The highest BCUT2D eigenvalue weighted by molar-refractivity contribution is 5.77. The monoisotopic (exact) mass is 373 g/mol. The van der Waals surface area contributed by atoms with Gasteiger partial charge in [0.15, 0.2) is 6.61 Å². The lowest BCUT2D eigenvalue weighted by atomic mass is 10.2. The lowest BCUT2D eigenvalue weighted by molar-refractivity contribution is -0.123. The van der Waals surface area contributed by atoms with Crippen molar-refractivity contribution in [1.82, 2.24) is 10.2 Å². The van der Waals surface area contributed by atoms with Gasteiger partial charge in [0.25, 0.3) is 5.91 Å². The predicted molar refractivity (Wildman–Crippen MR) is 102 cm³/mol. The topological polar surface area (TPSA) is 65.0 Å². The number of hydrogen-bond donors (Lipinski definition) is 2. The summed E-state index contributed by atoms with van der Waals surface area (Å²) in [6, 6.07) is 12.8. The van der Waals surface area contributed by atoms with E-state index in [1.165, 1.54) is 24.3 Å². The van der Waals surface area contributed by atoms with Crippen molar-refractivity contribution in [2.24, 2.45) is 0 Å². The minimum Gasteiger partial charge on any atom is -0.508 e. The number of carbonyl (C=O) groups is 1. The van der Waals surface area contributed by atoms with Gasteiger partial charge in [-0.15, -0.1) is 0 Å². The Balaban J connectivity index is 1.31. The standard InChI is InChI=1S/C20H24FN3O3/c21-16-1-3-17(4-2-16)24-13-11-23(12-14-24)10-9-22-20(26)15-27-19-7-5-18(25)6-8-19/h1-8,25H,9-15H2,(H,22,26). The lowest BCUT2D eigenvalue weighted by Crippen LogP contribution is -2.48. The van der Waals surface area contributed by atoms with Gasteiger partial charge in [-0.3, -0.25) is 9.69 Å². The normalized spacial score (nSPS) is 14.8. The largest absolute Gasteiger partial charge is 0.508 e. The molecule has 0 unspecified atom stereocenters. The average Bonchev–Trinajstić information content (AvgIpc) is 2.69. The SMILES string of the molecule is O=C(COc1ccc(O)cc1)NCCN1CCN(c2ccc(F)cc2)CC1.